The number of carbonyl (C=O) groups excluding carboxylic acids is 2. The van der Waals surface area contributed by atoms with Crippen molar-refractivity contribution in [2.75, 3.05) is 42.1 Å². The molecule has 294 valence electrons. The van der Waals surface area contributed by atoms with E-state index < -0.39 is 67.3 Å². The average Bonchev–Trinajstić information content (AvgIpc) is 3.22. The number of phenolic OH excluding ortho intramolecular Hbond substituents is 1. The Hall–Kier alpha value is -4.28. The fourth-order valence-electron chi connectivity index (χ4n) is 6.62. The molecule has 2 atom stereocenters. The summed E-state index contributed by atoms with van der Waals surface area (Å²) < 4.78 is 58.5. The van der Waals surface area contributed by atoms with Crippen LogP contribution in [-0.4, -0.2) is 88.0 Å². The summed E-state index contributed by atoms with van der Waals surface area (Å²) in [6, 6.07) is 14.8. The molecule has 0 saturated carbocycles. The van der Waals surface area contributed by atoms with Gasteiger partial charge in [-0.2, -0.15) is 0 Å². The fraction of sp³-hybridized carbons (Fsp3) is 0.447. The lowest BCUT2D eigenvalue weighted by Crippen LogP contribution is -2.50. The first-order valence-corrected chi connectivity index (χ1v) is 22.6. The molecular formula is C38H49N3O10S3. The molecule has 1 aliphatic heterocycles. The van der Waals surface area contributed by atoms with Gasteiger partial charge in [0.05, 0.1) is 27.0 Å². The smallest absolute Gasteiger partial charge is 0.327 e. The molecule has 4 rings (SSSR count). The van der Waals surface area contributed by atoms with Crippen molar-refractivity contribution in [2.45, 2.75) is 74.2 Å². The number of unbranched alkanes of at least 4 members (excludes halogenated alkanes) is 2. The van der Waals surface area contributed by atoms with E-state index in [0.717, 1.165) is 50.5 Å². The normalized spacial score (nSPS) is 16.0. The highest BCUT2D eigenvalue weighted by Crippen LogP contribution is 2.47. The van der Waals surface area contributed by atoms with Gasteiger partial charge in [0.2, 0.25) is 5.91 Å². The minimum absolute atomic E-state index is 0.0467. The van der Waals surface area contributed by atoms with Gasteiger partial charge >= 0.3 is 5.97 Å². The molecule has 2 amide bonds. The minimum atomic E-state index is -3.87. The molecule has 13 nitrogen and oxygen atoms in total. The Morgan fingerprint density at radius 1 is 0.981 bits per heavy atom. The van der Waals surface area contributed by atoms with Crippen LogP contribution >= 0.6 is 11.8 Å². The molecule has 0 fully saturated rings. The maximum atomic E-state index is 14.4. The lowest BCUT2D eigenvalue weighted by molar-refractivity contribution is -0.141. The van der Waals surface area contributed by atoms with Crippen molar-refractivity contribution in [1.82, 2.24) is 10.6 Å². The second-order valence-electron chi connectivity index (χ2n) is 13.7. The van der Waals surface area contributed by atoms with E-state index in [1.54, 1.807) is 12.3 Å². The molecule has 3 aromatic carbocycles. The van der Waals surface area contributed by atoms with Crippen LogP contribution in [-0.2, 0) is 34.1 Å². The van der Waals surface area contributed by atoms with E-state index in [1.807, 2.05) is 30.3 Å². The minimum Gasteiger partial charge on any atom is -0.508 e. The van der Waals surface area contributed by atoms with Crippen molar-refractivity contribution in [3.63, 3.8) is 0 Å². The molecule has 1 heterocycles. The third-order valence-corrected chi connectivity index (χ3v) is 13.0. The number of hydrogen-bond acceptors (Lipinski definition) is 11. The van der Waals surface area contributed by atoms with E-state index in [9.17, 15) is 41.4 Å². The second kappa shape index (κ2) is 18.4. The number of aliphatic carboxylic acids is 1. The van der Waals surface area contributed by atoms with E-state index >= 15 is 0 Å². The summed E-state index contributed by atoms with van der Waals surface area (Å²) in [6.45, 7) is 4.04. The predicted molar refractivity (Wildman–Crippen MR) is 209 cm³/mol. The zero-order chi connectivity index (χ0) is 39.7. The van der Waals surface area contributed by atoms with Gasteiger partial charge < -0.3 is 30.5 Å². The predicted octanol–water partition coefficient (Wildman–Crippen LogP) is 5.26. The van der Waals surface area contributed by atoms with Crippen molar-refractivity contribution in [3.05, 3.63) is 72.3 Å². The van der Waals surface area contributed by atoms with Crippen LogP contribution in [0.25, 0.3) is 0 Å². The van der Waals surface area contributed by atoms with Crippen LogP contribution in [0.3, 0.4) is 0 Å². The number of fused-ring (bicyclic) bond motifs is 1. The number of ether oxygens (including phenoxy) is 1. The number of benzene rings is 3. The number of carboxylic acid groups (broad SMARTS) is 1. The summed E-state index contributed by atoms with van der Waals surface area (Å²) in [5.74, 6) is -4.33. The number of sulfone groups is 2. The van der Waals surface area contributed by atoms with Crippen LogP contribution < -0.4 is 20.3 Å². The van der Waals surface area contributed by atoms with E-state index in [0.29, 0.717) is 17.1 Å². The number of carbonyl (C=O) groups is 3. The van der Waals surface area contributed by atoms with E-state index in [4.69, 9.17) is 4.74 Å². The number of para-hydroxylation sites is 1. The van der Waals surface area contributed by atoms with Crippen LogP contribution in [0.1, 0.15) is 64.0 Å². The third-order valence-electron chi connectivity index (χ3n) is 9.29. The standard InChI is InChI=1S/C38H49N3O10S3/c1-5-7-18-38(19-8-6-2)24-41(27-12-10-9-11-13-27)30-20-32(52-3)31(21-33(30)54(49,50)25-38)51-22-34(43)40-35(26-14-16-28(42)17-15-26)36(44)39-29(37(45)46)23-53(4,47)48/h9-17,20-21,29,35,42H,5-8,18-19,22-25H2,1-4H3,(H,39,44)(H,40,43)(H,45,46)/t29-,35-/m1/s1. The largest absolute Gasteiger partial charge is 0.508 e. The van der Waals surface area contributed by atoms with Crippen LogP contribution in [0, 0.1) is 5.41 Å². The third kappa shape index (κ3) is 11.1. The Balaban J connectivity index is 1.68. The molecular weight excluding hydrogens is 755 g/mol. The lowest BCUT2D eigenvalue weighted by Gasteiger charge is -2.37. The van der Waals surface area contributed by atoms with Gasteiger partial charge in [0, 0.05) is 30.0 Å². The first kappa shape index (κ1) is 42.5. The number of carboxylic acids is 1. The molecule has 0 spiro atoms. The Morgan fingerprint density at radius 3 is 2.17 bits per heavy atom. The second-order valence-corrected chi connectivity index (χ2v) is 18.7. The number of hydrogen-bond donors (Lipinski definition) is 4. The fourth-order valence-corrected chi connectivity index (χ4v) is 10.1. The number of aromatic hydroxyl groups is 1. The van der Waals surface area contributed by atoms with Crippen molar-refractivity contribution >= 4 is 60.6 Å². The summed E-state index contributed by atoms with van der Waals surface area (Å²) in [5.41, 5.74) is 1.03. The number of nitrogens with zero attached hydrogens (tertiary/aromatic N) is 1. The monoisotopic (exact) mass is 803 g/mol. The van der Waals surface area contributed by atoms with Gasteiger partial charge in [-0.15, -0.1) is 11.8 Å². The highest BCUT2D eigenvalue weighted by Gasteiger charge is 2.42. The summed E-state index contributed by atoms with van der Waals surface area (Å²) in [4.78, 5) is 41.3. The van der Waals surface area contributed by atoms with Gasteiger partial charge in [-0.05, 0) is 55.0 Å². The number of amides is 2. The number of rotatable bonds is 18. The first-order valence-electron chi connectivity index (χ1n) is 17.7. The van der Waals surface area contributed by atoms with Crippen molar-refractivity contribution < 1.29 is 46.2 Å². The van der Waals surface area contributed by atoms with Crippen LogP contribution in [0.15, 0.2) is 76.5 Å². The number of anilines is 2. The van der Waals surface area contributed by atoms with Crippen molar-refractivity contribution in [2.24, 2.45) is 5.41 Å². The Bertz CT molecular complexity index is 2000. The summed E-state index contributed by atoms with van der Waals surface area (Å²) in [5, 5.41) is 24.0. The van der Waals surface area contributed by atoms with Gasteiger partial charge in [0.25, 0.3) is 5.91 Å². The molecule has 0 aliphatic carbocycles. The SMILES string of the molecule is CCCCC1(CCCC)CN(c2ccccc2)c2cc(SC)c(OCC(=O)N[C@@H](C(=O)N[C@H](CS(C)(=O)=O)C(=O)O)c3ccc(O)cc3)cc2S(=O)(=O)C1. The van der Waals surface area contributed by atoms with Crippen LogP contribution in [0.5, 0.6) is 11.5 Å². The topological polar surface area (TPSA) is 196 Å². The van der Waals surface area contributed by atoms with Gasteiger partial charge in [-0.1, -0.05) is 69.9 Å². The molecule has 54 heavy (non-hydrogen) atoms. The molecule has 0 unspecified atom stereocenters. The van der Waals surface area contributed by atoms with Crippen LogP contribution in [0.4, 0.5) is 11.4 Å². The highest BCUT2D eigenvalue weighted by atomic mass is 32.2. The van der Waals surface area contributed by atoms with Crippen molar-refractivity contribution in [3.8, 4) is 11.5 Å². The van der Waals surface area contributed by atoms with E-state index in [-0.39, 0.29) is 27.7 Å². The number of phenols is 1. The van der Waals surface area contributed by atoms with Crippen molar-refractivity contribution in [1.29, 1.82) is 0 Å². The number of nitrogens with one attached hydrogen (secondary N) is 2. The molecule has 0 saturated heterocycles. The average molecular weight is 804 g/mol. The summed E-state index contributed by atoms with van der Waals surface area (Å²) >= 11 is 1.31. The maximum Gasteiger partial charge on any atom is 0.327 e. The zero-order valence-corrected chi connectivity index (χ0v) is 33.4. The Morgan fingerprint density at radius 2 is 1.61 bits per heavy atom. The lowest BCUT2D eigenvalue weighted by atomic mass is 9.79. The maximum absolute atomic E-state index is 14.4. The molecule has 0 radical (unpaired) electrons. The van der Waals surface area contributed by atoms with E-state index in [1.165, 1.54) is 42.1 Å². The molecule has 3 aromatic rings. The van der Waals surface area contributed by atoms with Gasteiger partial charge in [0.15, 0.2) is 16.4 Å². The molecule has 0 aromatic heterocycles. The first-order chi connectivity index (χ1) is 25.5. The Kier molecular flexibility index (Phi) is 14.4. The van der Waals surface area contributed by atoms with E-state index in [2.05, 4.69) is 29.4 Å². The quantitative estimate of drug-likeness (QED) is 0.122. The van der Waals surface area contributed by atoms with Crippen LogP contribution in [0.2, 0.25) is 0 Å². The Labute approximate surface area is 321 Å². The van der Waals surface area contributed by atoms with Gasteiger partial charge in [0.1, 0.15) is 33.4 Å². The molecule has 1 aliphatic rings. The summed E-state index contributed by atoms with van der Waals surface area (Å²) in [7, 11) is -7.69. The van der Waals surface area contributed by atoms with Gasteiger partial charge in [-0.3, -0.25) is 9.59 Å². The summed E-state index contributed by atoms with van der Waals surface area (Å²) in [6.07, 6.45) is 7.76. The zero-order valence-electron chi connectivity index (χ0n) is 30.9. The molecule has 16 heteroatoms. The van der Waals surface area contributed by atoms with Gasteiger partial charge in [-0.25, -0.2) is 21.6 Å². The molecule has 0 bridgehead atoms. The molecule has 4 N–H and O–H groups in total. The number of thioether (sulfide) groups is 1. The highest BCUT2D eigenvalue weighted by molar-refractivity contribution is 7.98.